The van der Waals surface area contributed by atoms with E-state index in [0.29, 0.717) is 19.7 Å². The van der Waals surface area contributed by atoms with Crippen LogP contribution in [0.4, 0.5) is 11.4 Å². The third kappa shape index (κ3) is 5.47. The van der Waals surface area contributed by atoms with Crippen LogP contribution in [0.2, 0.25) is 0 Å². The lowest BCUT2D eigenvalue weighted by Crippen LogP contribution is -2.21. The van der Waals surface area contributed by atoms with Crippen LogP contribution in [0.15, 0.2) is 54.6 Å². The molecule has 0 saturated heterocycles. The molecule has 2 rings (SSSR count). The van der Waals surface area contributed by atoms with E-state index in [1.807, 2.05) is 54.6 Å². The van der Waals surface area contributed by atoms with Crippen LogP contribution in [-0.2, 0) is 0 Å². The van der Waals surface area contributed by atoms with Crippen LogP contribution < -0.4 is 15.4 Å². The van der Waals surface area contributed by atoms with E-state index in [2.05, 4.69) is 10.6 Å². The van der Waals surface area contributed by atoms with Gasteiger partial charge in [-0.25, -0.2) is 0 Å². The van der Waals surface area contributed by atoms with Crippen LogP contribution in [0, 0.1) is 0 Å². The van der Waals surface area contributed by atoms with Crippen LogP contribution >= 0.6 is 11.6 Å². The molecule has 0 heterocycles. The smallest absolute Gasteiger partial charge is 0.119 e. The second-order valence-corrected chi connectivity index (χ2v) is 5.13. The first-order valence-electron chi connectivity index (χ1n) is 7.28. The van der Waals surface area contributed by atoms with E-state index >= 15 is 0 Å². The van der Waals surface area contributed by atoms with Crippen molar-refractivity contribution in [2.24, 2.45) is 0 Å². The Morgan fingerprint density at radius 3 is 2.27 bits per heavy atom. The van der Waals surface area contributed by atoms with Gasteiger partial charge in [-0.15, -0.1) is 11.6 Å². The van der Waals surface area contributed by atoms with Crippen molar-refractivity contribution in [2.75, 3.05) is 36.2 Å². The molecule has 4 nitrogen and oxygen atoms in total. The number of hydrogen-bond donors (Lipinski definition) is 3. The summed E-state index contributed by atoms with van der Waals surface area (Å²) in [6.45, 7) is 1.68. The van der Waals surface area contributed by atoms with Crippen molar-refractivity contribution in [3.63, 3.8) is 0 Å². The molecule has 118 valence electrons. The molecule has 1 unspecified atom stereocenters. The second-order valence-electron chi connectivity index (χ2n) is 4.82. The zero-order chi connectivity index (χ0) is 15.6. The number of ether oxygens (including phenoxy) is 1. The molecule has 22 heavy (non-hydrogen) atoms. The second kappa shape index (κ2) is 9.18. The summed E-state index contributed by atoms with van der Waals surface area (Å²) < 4.78 is 5.64. The lowest BCUT2D eigenvalue weighted by Gasteiger charge is -2.15. The molecule has 0 saturated carbocycles. The molecule has 0 aromatic heterocycles. The Hall–Kier alpha value is -1.91. The number of aliphatic hydroxyl groups is 1. The number of anilines is 2. The summed E-state index contributed by atoms with van der Waals surface area (Å²) in [6, 6.07) is 17.6. The number of alkyl halides is 1. The lowest BCUT2D eigenvalue weighted by atomic mass is 10.2. The fourth-order valence-electron chi connectivity index (χ4n) is 1.95. The average molecular weight is 321 g/mol. The SMILES string of the molecule is OC(CCl)CNc1ccccc1NCCOc1ccccc1. The Balaban J connectivity index is 1.79. The van der Waals surface area contributed by atoms with Crippen LogP contribution in [0.25, 0.3) is 0 Å². The normalized spacial score (nSPS) is 11.7. The number of aliphatic hydroxyl groups excluding tert-OH is 1. The number of rotatable bonds is 9. The summed E-state index contributed by atoms with van der Waals surface area (Å²) in [5, 5.41) is 16.0. The van der Waals surface area contributed by atoms with Gasteiger partial charge in [0.25, 0.3) is 0 Å². The van der Waals surface area contributed by atoms with Gasteiger partial charge in [0.1, 0.15) is 12.4 Å². The summed E-state index contributed by atoms with van der Waals surface area (Å²) in [5.74, 6) is 1.08. The quantitative estimate of drug-likeness (QED) is 0.490. The Bertz CT molecular complexity index is 551. The molecule has 0 aliphatic rings. The maximum absolute atomic E-state index is 9.52. The van der Waals surface area contributed by atoms with Gasteiger partial charge in [0.05, 0.1) is 23.4 Å². The average Bonchev–Trinajstić information content (AvgIpc) is 2.58. The van der Waals surface area contributed by atoms with Gasteiger partial charge < -0.3 is 20.5 Å². The number of benzene rings is 2. The Morgan fingerprint density at radius 1 is 0.955 bits per heavy atom. The standard InChI is InChI=1S/C17H21ClN2O2/c18-12-14(21)13-20-17-9-5-4-8-16(17)19-10-11-22-15-6-2-1-3-7-15/h1-9,14,19-21H,10-13H2. The van der Waals surface area contributed by atoms with Gasteiger partial charge in [0.2, 0.25) is 0 Å². The third-order valence-electron chi connectivity index (χ3n) is 3.06. The Morgan fingerprint density at radius 2 is 1.59 bits per heavy atom. The minimum absolute atomic E-state index is 0.216. The molecule has 0 radical (unpaired) electrons. The summed E-state index contributed by atoms with van der Waals surface area (Å²) in [7, 11) is 0. The summed E-state index contributed by atoms with van der Waals surface area (Å²) in [5.41, 5.74) is 1.91. The fraction of sp³-hybridized carbons (Fsp3) is 0.294. The lowest BCUT2D eigenvalue weighted by molar-refractivity contribution is 0.211. The molecular formula is C17H21ClN2O2. The van der Waals surface area contributed by atoms with Gasteiger partial charge in [0.15, 0.2) is 0 Å². The zero-order valence-corrected chi connectivity index (χ0v) is 13.1. The Kier molecular flexibility index (Phi) is 6.87. The number of halogens is 1. The first-order valence-corrected chi connectivity index (χ1v) is 7.81. The van der Waals surface area contributed by atoms with Crippen molar-refractivity contribution < 1.29 is 9.84 Å². The third-order valence-corrected chi connectivity index (χ3v) is 3.42. The van der Waals surface area contributed by atoms with Crippen molar-refractivity contribution in [3.05, 3.63) is 54.6 Å². The molecule has 0 fully saturated rings. The Labute approximate surface area is 136 Å². The van der Waals surface area contributed by atoms with E-state index in [4.69, 9.17) is 16.3 Å². The summed E-state index contributed by atoms with van der Waals surface area (Å²) >= 11 is 5.60. The molecular weight excluding hydrogens is 300 g/mol. The van der Waals surface area contributed by atoms with Crippen molar-refractivity contribution in [3.8, 4) is 5.75 Å². The molecule has 0 aliphatic carbocycles. The molecule has 5 heteroatoms. The highest BCUT2D eigenvalue weighted by atomic mass is 35.5. The number of hydrogen-bond acceptors (Lipinski definition) is 4. The molecule has 2 aromatic carbocycles. The van der Waals surface area contributed by atoms with E-state index < -0.39 is 6.10 Å². The van der Waals surface area contributed by atoms with Gasteiger partial charge >= 0.3 is 0 Å². The summed E-state index contributed by atoms with van der Waals surface area (Å²) in [6.07, 6.45) is -0.559. The fourth-order valence-corrected chi connectivity index (χ4v) is 2.05. The van der Waals surface area contributed by atoms with Gasteiger partial charge in [-0.05, 0) is 24.3 Å². The maximum atomic E-state index is 9.52. The first-order chi connectivity index (χ1) is 10.8. The van der Waals surface area contributed by atoms with E-state index in [0.717, 1.165) is 17.1 Å². The van der Waals surface area contributed by atoms with Crippen LogP contribution in [0.5, 0.6) is 5.75 Å². The number of para-hydroxylation sites is 3. The minimum atomic E-state index is -0.559. The van der Waals surface area contributed by atoms with Gasteiger partial charge in [-0.2, -0.15) is 0 Å². The highest BCUT2D eigenvalue weighted by Crippen LogP contribution is 2.20. The van der Waals surface area contributed by atoms with E-state index in [9.17, 15) is 5.11 Å². The minimum Gasteiger partial charge on any atom is -0.492 e. The number of nitrogens with one attached hydrogen (secondary N) is 2. The zero-order valence-electron chi connectivity index (χ0n) is 12.3. The van der Waals surface area contributed by atoms with Crippen LogP contribution in [-0.4, -0.2) is 36.8 Å². The van der Waals surface area contributed by atoms with Crippen molar-refractivity contribution in [2.45, 2.75) is 6.10 Å². The molecule has 0 aliphatic heterocycles. The molecule has 0 spiro atoms. The highest BCUT2D eigenvalue weighted by Gasteiger charge is 2.04. The molecule has 0 bridgehead atoms. The molecule has 2 aromatic rings. The monoisotopic (exact) mass is 320 g/mol. The first kappa shape index (κ1) is 16.5. The highest BCUT2D eigenvalue weighted by molar-refractivity contribution is 6.18. The molecule has 3 N–H and O–H groups in total. The van der Waals surface area contributed by atoms with Gasteiger partial charge in [0, 0.05) is 13.1 Å². The maximum Gasteiger partial charge on any atom is 0.119 e. The summed E-state index contributed by atoms with van der Waals surface area (Å²) in [4.78, 5) is 0. The van der Waals surface area contributed by atoms with Crippen molar-refractivity contribution in [1.29, 1.82) is 0 Å². The van der Waals surface area contributed by atoms with Crippen LogP contribution in [0.1, 0.15) is 0 Å². The van der Waals surface area contributed by atoms with E-state index in [1.165, 1.54) is 0 Å². The predicted octanol–water partition coefficient (Wildman–Crippen LogP) is 3.19. The van der Waals surface area contributed by atoms with Crippen molar-refractivity contribution >= 4 is 23.0 Å². The van der Waals surface area contributed by atoms with Crippen LogP contribution in [0.3, 0.4) is 0 Å². The van der Waals surface area contributed by atoms with Gasteiger partial charge in [-0.1, -0.05) is 30.3 Å². The predicted molar refractivity (Wildman–Crippen MR) is 92.1 cm³/mol. The van der Waals surface area contributed by atoms with Gasteiger partial charge in [-0.3, -0.25) is 0 Å². The largest absolute Gasteiger partial charge is 0.492 e. The van der Waals surface area contributed by atoms with E-state index in [-0.39, 0.29) is 5.88 Å². The van der Waals surface area contributed by atoms with Crippen molar-refractivity contribution in [1.82, 2.24) is 0 Å². The molecule has 1 atom stereocenters. The molecule has 0 amide bonds. The van der Waals surface area contributed by atoms with E-state index in [1.54, 1.807) is 0 Å². The topological polar surface area (TPSA) is 53.5 Å².